The van der Waals surface area contributed by atoms with Crippen molar-refractivity contribution >= 4 is 5.69 Å². The van der Waals surface area contributed by atoms with Crippen LogP contribution in [0.5, 0.6) is 5.75 Å². The van der Waals surface area contributed by atoms with Crippen LogP contribution in [0.2, 0.25) is 0 Å². The van der Waals surface area contributed by atoms with Crippen LogP contribution in [0.4, 0.5) is 14.5 Å². The van der Waals surface area contributed by atoms with E-state index in [1.165, 1.54) is 6.07 Å². The number of hydrogen-bond acceptors (Lipinski definition) is 3. The van der Waals surface area contributed by atoms with Gasteiger partial charge in [0.15, 0.2) is 0 Å². The molecule has 0 radical (unpaired) electrons. The summed E-state index contributed by atoms with van der Waals surface area (Å²) < 4.78 is 25.0. The fourth-order valence-electron chi connectivity index (χ4n) is 1.39. The molecule has 0 fully saturated rings. The molecule has 0 aliphatic heterocycles. The zero-order valence-corrected chi connectivity index (χ0v) is 8.80. The fourth-order valence-corrected chi connectivity index (χ4v) is 1.39. The Morgan fingerprint density at radius 2 is 2.12 bits per heavy atom. The zero-order chi connectivity index (χ0) is 12.3. The van der Waals surface area contributed by atoms with Crippen molar-refractivity contribution in [1.29, 1.82) is 0 Å². The van der Waals surface area contributed by atoms with Crippen LogP contribution in [0.15, 0.2) is 24.3 Å². The van der Waals surface area contributed by atoms with Crippen molar-refractivity contribution in [2.24, 2.45) is 0 Å². The predicted molar refractivity (Wildman–Crippen MR) is 57.0 cm³/mol. The molecule has 5 heteroatoms. The number of anilines is 1. The lowest BCUT2D eigenvalue weighted by molar-refractivity contribution is 0.151. The lowest BCUT2D eigenvalue weighted by atomic mass is 10.0. The minimum atomic E-state index is -2.76. The largest absolute Gasteiger partial charge is 0.508 e. The molecule has 1 aromatic carbocycles. The second kappa shape index (κ2) is 4.94. The number of aromatic hydroxyl groups is 1. The molecule has 0 heterocycles. The molecule has 88 valence electrons. The van der Waals surface area contributed by atoms with Gasteiger partial charge in [0, 0.05) is 11.1 Å². The maximum Gasteiger partial charge on any atom is 0.266 e. The van der Waals surface area contributed by atoms with Crippen molar-refractivity contribution in [3.63, 3.8) is 0 Å². The third-order valence-electron chi connectivity index (χ3n) is 2.10. The maximum absolute atomic E-state index is 12.5. The highest BCUT2D eigenvalue weighted by molar-refractivity contribution is 5.57. The topological polar surface area (TPSA) is 52.5 Å². The summed E-state index contributed by atoms with van der Waals surface area (Å²) >= 11 is 0. The zero-order valence-electron chi connectivity index (χ0n) is 8.80. The maximum atomic E-state index is 12.5. The standard InChI is InChI=1S/C11H13F2NO2/c1-6(2)3-7-4-9(14-16)8(11(12)13)5-10(7)15/h4-5,11,14-16H,1,3H2,2H3. The second-order valence-electron chi connectivity index (χ2n) is 3.61. The Hall–Kier alpha value is -1.62. The first kappa shape index (κ1) is 12.4. The molecular weight excluding hydrogens is 216 g/mol. The van der Waals surface area contributed by atoms with Crippen LogP contribution in [-0.2, 0) is 6.42 Å². The molecule has 0 saturated carbocycles. The van der Waals surface area contributed by atoms with Gasteiger partial charge in [-0.05, 0) is 25.5 Å². The van der Waals surface area contributed by atoms with E-state index in [0.717, 1.165) is 11.6 Å². The predicted octanol–water partition coefficient (Wildman–Crippen LogP) is 3.25. The first-order valence-electron chi connectivity index (χ1n) is 4.64. The quantitative estimate of drug-likeness (QED) is 0.422. The summed E-state index contributed by atoms with van der Waals surface area (Å²) in [5, 5.41) is 18.3. The van der Waals surface area contributed by atoms with Gasteiger partial charge in [0.1, 0.15) is 5.75 Å². The molecule has 16 heavy (non-hydrogen) atoms. The first-order chi connectivity index (χ1) is 7.45. The summed E-state index contributed by atoms with van der Waals surface area (Å²) in [6.07, 6.45) is -2.40. The van der Waals surface area contributed by atoms with Crippen molar-refractivity contribution in [3.8, 4) is 5.75 Å². The lowest BCUT2D eigenvalue weighted by Gasteiger charge is -2.12. The average molecular weight is 229 g/mol. The van der Waals surface area contributed by atoms with Crippen LogP contribution in [0.25, 0.3) is 0 Å². The molecule has 0 atom stereocenters. The molecule has 0 aliphatic carbocycles. The normalized spacial score (nSPS) is 10.6. The van der Waals surface area contributed by atoms with Crippen LogP contribution in [0, 0.1) is 0 Å². The van der Waals surface area contributed by atoms with Crippen LogP contribution < -0.4 is 5.48 Å². The Bertz CT molecular complexity index is 405. The van der Waals surface area contributed by atoms with Crippen LogP contribution in [-0.4, -0.2) is 10.3 Å². The highest BCUT2D eigenvalue weighted by Gasteiger charge is 2.16. The molecule has 0 spiro atoms. The number of nitrogens with one attached hydrogen (secondary N) is 1. The highest BCUT2D eigenvalue weighted by atomic mass is 19.3. The third kappa shape index (κ3) is 2.70. The van der Waals surface area contributed by atoms with Gasteiger partial charge < -0.3 is 5.11 Å². The number of hydrogen-bond donors (Lipinski definition) is 3. The van der Waals surface area contributed by atoms with Gasteiger partial charge in [-0.1, -0.05) is 12.2 Å². The minimum Gasteiger partial charge on any atom is -0.508 e. The highest BCUT2D eigenvalue weighted by Crippen LogP contribution is 2.33. The van der Waals surface area contributed by atoms with Gasteiger partial charge in [0.25, 0.3) is 6.43 Å². The fraction of sp³-hybridized carbons (Fsp3) is 0.273. The monoisotopic (exact) mass is 229 g/mol. The molecule has 3 nitrogen and oxygen atoms in total. The summed E-state index contributed by atoms with van der Waals surface area (Å²) in [7, 11) is 0. The molecule has 0 unspecified atom stereocenters. The van der Waals surface area contributed by atoms with E-state index in [1.54, 1.807) is 12.4 Å². The van der Waals surface area contributed by atoms with E-state index < -0.39 is 12.0 Å². The molecule has 1 rings (SSSR count). The van der Waals surface area contributed by atoms with E-state index in [2.05, 4.69) is 6.58 Å². The van der Waals surface area contributed by atoms with Crippen molar-refractivity contribution in [2.45, 2.75) is 19.8 Å². The minimum absolute atomic E-state index is 0.107. The number of rotatable bonds is 4. The van der Waals surface area contributed by atoms with E-state index in [9.17, 15) is 13.9 Å². The van der Waals surface area contributed by atoms with Crippen molar-refractivity contribution in [2.75, 3.05) is 5.48 Å². The first-order valence-corrected chi connectivity index (χ1v) is 4.64. The molecule has 0 aromatic heterocycles. The Balaban J connectivity index is 3.20. The second-order valence-corrected chi connectivity index (χ2v) is 3.61. The van der Waals surface area contributed by atoms with E-state index in [1.807, 2.05) is 0 Å². The average Bonchev–Trinajstić information content (AvgIpc) is 2.19. The molecule has 1 aromatic rings. The molecule has 0 amide bonds. The van der Waals surface area contributed by atoms with Crippen LogP contribution in [0.1, 0.15) is 24.5 Å². The Kier molecular flexibility index (Phi) is 3.84. The van der Waals surface area contributed by atoms with Gasteiger partial charge in [-0.2, -0.15) is 0 Å². The Labute approximate surface area is 92.0 Å². The van der Waals surface area contributed by atoms with Gasteiger partial charge in [-0.3, -0.25) is 10.7 Å². The van der Waals surface area contributed by atoms with Crippen molar-refractivity contribution < 1.29 is 19.1 Å². The number of benzene rings is 1. The van der Waals surface area contributed by atoms with E-state index in [0.29, 0.717) is 12.0 Å². The smallest absolute Gasteiger partial charge is 0.266 e. The summed E-state index contributed by atoms with van der Waals surface area (Å²) in [6, 6.07) is 2.23. The summed E-state index contributed by atoms with van der Waals surface area (Å²) in [5.41, 5.74) is 2.37. The van der Waals surface area contributed by atoms with Crippen molar-refractivity contribution in [3.05, 3.63) is 35.4 Å². The number of phenols is 1. The van der Waals surface area contributed by atoms with Gasteiger partial charge in [0.05, 0.1) is 5.69 Å². The molecule has 0 bridgehead atoms. The van der Waals surface area contributed by atoms with E-state index >= 15 is 0 Å². The number of allylic oxidation sites excluding steroid dienone is 1. The van der Waals surface area contributed by atoms with Crippen LogP contribution in [0.3, 0.4) is 0 Å². The van der Waals surface area contributed by atoms with Gasteiger partial charge in [-0.25, -0.2) is 8.78 Å². The number of phenolic OH excluding ortho intramolecular Hbond substituents is 1. The summed E-state index contributed by atoms with van der Waals surface area (Å²) in [4.78, 5) is 0. The van der Waals surface area contributed by atoms with Crippen LogP contribution >= 0.6 is 0 Å². The third-order valence-corrected chi connectivity index (χ3v) is 2.10. The van der Waals surface area contributed by atoms with E-state index in [-0.39, 0.29) is 11.4 Å². The number of alkyl halides is 2. The molecule has 3 N–H and O–H groups in total. The Morgan fingerprint density at radius 1 is 1.50 bits per heavy atom. The molecule has 0 saturated heterocycles. The number of halogens is 2. The molecular formula is C11H13F2NO2. The van der Waals surface area contributed by atoms with Gasteiger partial charge >= 0.3 is 0 Å². The van der Waals surface area contributed by atoms with Gasteiger partial charge in [-0.15, -0.1) is 0 Å². The summed E-state index contributed by atoms with van der Waals surface area (Å²) in [5.74, 6) is -0.225. The SMILES string of the molecule is C=C(C)Cc1cc(NO)c(C(F)F)cc1O. The van der Waals surface area contributed by atoms with Gasteiger partial charge in [0.2, 0.25) is 0 Å². The van der Waals surface area contributed by atoms with Crippen molar-refractivity contribution in [1.82, 2.24) is 0 Å². The van der Waals surface area contributed by atoms with E-state index in [4.69, 9.17) is 5.21 Å². The Morgan fingerprint density at radius 3 is 2.56 bits per heavy atom. The lowest BCUT2D eigenvalue weighted by Crippen LogP contribution is -1.99. The summed E-state index contributed by atoms with van der Waals surface area (Å²) in [6.45, 7) is 5.42. The molecule has 0 aliphatic rings.